The fraction of sp³-hybridized carbons (Fsp3) is 0.538. The van der Waals surface area contributed by atoms with E-state index < -0.39 is 27.6 Å². The molecule has 112 valence electrons. The molecular formula is C13H15BrF2O3S. The number of hydrogen-bond acceptors (Lipinski definition) is 3. The molecule has 0 aliphatic carbocycles. The van der Waals surface area contributed by atoms with Gasteiger partial charge >= 0.3 is 0 Å². The molecule has 0 radical (unpaired) electrons. The molecule has 0 spiro atoms. The Balaban J connectivity index is 2.02. The Morgan fingerprint density at radius 1 is 1.40 bits per heavy atom. The fourth-order valence-corrected chi connectivity index (χ4v) is 4.77. The molecule has 0 bridgehead atoms. The molecule has 1 aliphatic rings. The molecule has 20 heavy (non-hydrogen) atoms. The van der Waals surface area contributed by atoms with E-state index >= 15 is 0 Å². The third-order valence-corrected chi connectivity index (χ3v) is 5.96. The number of halogens is 3. The lowest BCUT2D eigenvalue weighted by atomic mass is 9.96. The van der Waals surface area contributed by atoms with Crippen LogP contribution in [0.3, 0.4) is 0 Å². The van der Waals surface area contributed by atoms with Crippen LogP contribution >= 0.6 is 15.9 Å². The molecule has 1 aliphatic heterocycles. The van der Waals surface area contributed by atoms with E-state index in [9.17, 15) is 22.3 Å². The first-order valence-corrected chi connectivity index (χ1v) is 8.91. The third-order valence-electron chi connectivity index (χ3n) is 3.51. The number of benzene rings is 1. The van der Waals surface area contributed by atoms with Gasteiger partial charge in [-0.25, -0.2) is 17.2 Å². The first kappa shape index (κ1) is 15.9. The van der Waals surface area contributed by atoms with Crippen molar-refractivity contribution in [2.24, 2.45) is 5.92 Å². The predicted molar refractivity (Wildman–Crippen MR) is 75.1 cm³/mol. The van der Waals surface area contributed by atoms with E-state index in [-0.39, 0.29) is 40.3 Å². The summed E-state index contributed by atoms with van der Waals surface area (Å²) in [6.45, 7) is 0. The largest absolute Gasteiger partial charge is 0.393 e. The lowest BCUT2D eigenvalue weighted by Crippen LogP contribution is -2.18. The van der Waals surface area contributed by atoms with Gasteiger partial charge in [-0.3, -0.25) is 0 Å². The maximum Gasteiger partial charge on any atom is 0.150 e. The summed E-state index contributed by atoms with van der Waals surface area (Å²) in [6.07, 6.45) is -0.368. The van der Waals surface area contributed by atoms with Crippen molar-refractivity contribution in [1.82, 2.24) is 0 Å². The molecule has 1 saturated heterocycles. The summed E-state index contributed by atoms with van der Waals surface area (Å²) in [5, 5.41) is 9.93. The number of rotatable bonds is 4. The van der Waals surface area contributed by atoms with E-state index in [1.165, 1.54) is 6.07 Å². The maximum absolute atomic E-state index is 13.8. The van der Waals surface area contributed by atoms with Crippen molar-refractivity contribution in [1.29, 1.82) is 0 Å². The van der Waals surface area contributed by atoms with E-state index in [1.807, 2.05) is 0 Å². The fourth-order valence-electron chi connectivity index (χ4n) is 2.52. The summed E-state index contributed by atoms with van der Waals surface area (Å²) in [5.74, 6) is -1.38. The van der Waals surface area contributed by atoms with Gasteiger partial charge in [0.15, 0.2) is 9.84 Å². The molecule has 2 unspecified atom stereocenters. The number of hydrogen-bond donors (Lipinski definition) is 1. The lowest BCUT2D eigenvalue weighted by molar-refractivity contribution is 0.144. The van der Waals surface area contributed by atoms with Crippen LogP contribution in [-0.2, 0) is 16.3 Å². The highest BCUT2D eigenvalue weighted by atomic mass is 79.9. The van der Waals surface area contributed by atoms with Crippen molar-refractivity contribution < 1.29 is 22.3 Å². The van der Waals surface area contributed by atoms with Gasteiger partial charge in [0, 0.05) is 12.0 Å². The Bertz CT molecular complexity index is 604. The minimum atomic E-state index is -3.00. The van der Waals surface area contributed by atoms with Crippen LogP contribution in [-0.4, -0.2) is 31.1 Å². The molecular weight excluding hydrogens is 354 g/mol. The highest BCUT2D eigenvalue weighted by molar-refractivity contribution is 9.10. The number of sulfone groups is 1. The molecule has 1 heterocycles. The van der Waals surface area contributed by atoms with Gasteiger partial charge in [0.1, 0.15) is 11.6 Å². The van der Waals surface area contributed by atoms with E-state index in [4.69, 9.17) is 0 Å². The van der Waals surface area contributed by atoms with Crippen LogP contribution in [0.5, 0.6) is 0 Å². The van der Waals surface area contributed by atoms with E-state index in [0.29, 0.717) is 6.42 Å². The summed E-state index contributed by atoms with van der Waals surface area (Å²) >= 11 is 2.97. The molecule has 2 atom stereocenters. The zero-order chi connectivity index (χ0) is 14.9. The van der Waals surface area contributed by atoms with Gasteiger partial charge in [-0.05, 0) is 46.8 Å². The Morgan fingerprint density at radius 2 is 2.10 bits per heavy atom. The predicted octanol–water partition coefficient (Wildman–Crippen LogP) is 2.46. The smallest absolute Gasteiger partial charge is 0.150 e. The Hall–Kier alpha value is -0.530. The molecule has 1 aromatic carbocycles. The van der Waals surface area contributed by atoms with E-state index in [1.54, 1.807) is 0 Å². The highest BCUT2D eigenvalue weighted by Gasteiger charge is 2.30. The van der Waals surface area contributed by atoms with Gasteiger partial charge in [-0.2, -0.15) is 0 Å². The van der Waals surface area contributed by atoms with Crippen LogP contribution in [0.25, 0.3) is 0 Å². The summed E-state index contributed by atoms with van der Waals surface area (Å²) in [7, 11) is -3.00. The Kier molecular flexibility index (Phi) is 4.81. The van der Waals surface area contributed by atoms with Crippen LogP contribution in [0.1, 0.15) is 18.4 Å². The zero-order valence-electron chi connectivity index (χ0n) is 10.7. The van der Waals surface area contributed by atoms with Gasteiger partial charge in [0.2, 0.25) is 0 Å². The first-order valence-electron chi connectivity index (χ1n) is 6.29. The second-order valence-corrected chi connectivity index (χ2v) is 8.27. The summed E-state index contributed by atoms with van der Waals surface area (Å²) in [6, 6.07) is 2.40. The van der Waals surface area contributed by atoms with Crippen molar-refractivity contribution in [3.8, 4) is 0 Å². The van der Waals surface area contributed by atoms with Crippen molar-refractivity contribution in [2.75, 3.05) is 11.5 Å². The molecule has 0 amide bonds. The molecule has 3 nitrogen and oxygen atoms in total. The van der Waals surface area contributed by atoms with Gasteiger partial charge in [-0.15, -0.1) is 0 Å². The van der Waals surface area contributed by atoms with Gasteiger partial charge in [-0.1, -0.05) is 0 Å². The van der Waals surface area contributed by atoms with Gasteiger partial charge in [0.05, 0.1) is 22.1 Å². The second kappa shape index (κ2) is 6.07. The summed E-state index contributed by atoms with van der Waals surface area (Å²) in [4.78, 5) is 0. The Morgan fingerprint density at radius 3 is 2.70 bits per heavy atom. The maximum atomic E-state index is 13.8. The SMILES string of the molecule is O=S1(=O)CCC(CC(O)Cc2c(F)ccc(Br)c2F)C1. The van der Waals surface area contributed by atoms with Crippen LogP contribution in [0.4, 0.5) is 8.78 Å². The quantitative estimate of drug-likeness (QED) is 0.830. The normalized spacial score (nSPS) is 22.9. The highest BCUT2D eigenvalue weighted by Crippen LogP contribution is 2.27. The van der Waals surface area contributed by atoms with Crippen molar-refractivity contribution in [2.45, 2.75) is 25.4 Å². The van der Waals surface area contributed by atoms with E-state index in [0.717, 1.165) is 6.07 Å². The van der Waals surface area contributed by atoms with Crippen molar-refractivity contribution in [3.63, 3.8) is 0 Å². The molecule has 1 fully saturated rings. The number of aliphatic hydroxyl groups is 1. The second-order valence-electron chi connectivity index (χ2n) is 5.18. The molecule has 0 aromatic heterocycles. The van der Waals surface area contributed by atoms with Crippen LogP contribution in [0, 0.1) is 17.6 Å². The zero-order valence-corrected chi connectivity index (χ0v) is 13.1. The average molecular weight is 369 g/mol. The molecule has 2 rings (SSSR count). The topological polar surface area (TPSA) is 54.4 Å². The van der Waals surface area contributed by atoms with Gasteiger partial charge < -0.3 is 5.11 Å². The van der Waals surface area contributed by atoms with Crippen molar-refractivity contribution >= 4 is 25.8 Å². The molecule has 1 N–H and O–H groups in total. The standard InChI is InChI=1S/C13H15BrF2O3S/c14-11-1-2-12(15)10(13(11)16)6-9(17)5-8-3-4-20(18,19)7-8/h1-2,8-9,17H,3-7H2. The average Bonchev–Trinajstić information content (AvgIpc) is 2.69. The Labute approximate surface area is 125 Å². The van der Waals surface area contributed by atoms with Crippen LogP contribution < -0.4 is 0 Å². The van der Waals surface area contributed by atoms with Gasteiger partial charge in [0.25, 0.3) is 0 Å². The molecule has 1 aromatic rings. The van der Waals surface area contributed by atoms with E-state index in [2.05, 4.69) is 15.9 Å². The minimum Gasteiger partial charge on any atom is -0.393 e. The summed E-state index contributed by atoms with van der Waals surface area (Å²) < 4.78 is 50.1. The monoisotopic (exact) mass is 368 g/mol. The minimum absolute atomic E-state index is 0.0491. The lowest BCUT2D eigenvalue weighted by Gasteiger charge is -2.15. The van der Waals surface area contributed by atoms with Crippen molar-refractivity contribution in [3.05, 3.63) is 33.8 Å². The first-order chi connectivity index (χ1) is 9.28. The summed E-state index contributed by atoms with van der Waals surface area (Å²) in [5.41, 5.74) is -0.173. The van der Waals surface area contributed by atoms with Crippen LogP contribution in [0.15, 0.2) is 16.6 Å². The third kappa shape index (κ3) is 3.77. The molecule has 0 saturated carbocycles. The van der Waals surface area contributed by atoms with Crippen LogP contribution in [0.2, 0.25) is 0 Å². The number of aliphatic hydroxyl groups excluding tert-OH is 1. The molecule has 7 heteroatoms.